The molecule has 0 amide bonds. The summed E-state index contributed by atoms with van der Waals surface area (Å²) in [5, 5.41) is 42.0. The van der Waals surface area contributed by atoms with E-state index < -0.39 is 24.1 Å². The number of hydrogen-bond donors (Lipinski definition) is 1. The normalized spacial score (nSPS) is 10.9. The number of hydrogen-bond acceptors (Lipinski definition) is 25. The van der Waals surface area contributed by atoms with Gasteiger partial charge in [0.25, 0.3) is 0 Å². The maximum Gasteiger partial charge on any atom is 0.471 e. The summed E-state index contributed by atoms with van der Waals surface area (Å²) in [5.74, 6) is -0.646. The molecule has 0 aliphatic rings. The van der Waals surface area contributed by atoms with Crippen molar-refractivity contribution >= 4 is 101 Å². The van der Waals surface area contributed by atoms with Gasteiger partial charge < -0.3 is 19.3 Å². The smallest absolute Gasteiger partial charge is 0.329 e. The molecule has 0 unspecified atom stereocenters. The molecule has 35 heteroatoms. The zero-order valence-corrected chi connectivity index (χ0v) is 51.4. The molecule has 0 saturated heterocycles. The zero-order chi connectivity index (χ0) is 63.3. The molecular weight excluding hydrogens is 1400 g/mol. The Kier molecular flexibility index (Phi) is 22.7. The number of anilines is 4. The SMILES string of the molecule is Clc1cc(-c2ccccn2)cnn1.Clc1cc(Br)cnn1.FC(F)(F)c1nc(-c2ccc(CBr)s2)no1.FC(F)(F)c1nc(-c2ccc(CN(c3cnccn3)c3cc(-c4ccccn4)cnn3)s2)no1.c1ccc(-c2cnnc(Nc3cnccn3)c2)nc1. The average Bonchev–Trinajstić information content (AvgIpc) is 1.69. The molecule has 0 radical (unpaired) electrons. The number of aromatic nitrogens is 19. The van der Waals surface area contributed by atoms with Crippen LogP contribution < -0.4 is 10.2 Å². The first-order chi connectivity index (χ1) is 43.5. The molecule has 0 bridgehead atoms. The maximum atomic E-state index is 12.8. The first-order valence-electron chi connectivity index (χ1n) is 25.2. The molecule has 1 N–H and O–H groups in total. The third kappa shape index (κ3) is 19.2. The van der Waals surface area contributed by atoms with Crippen molar-refractivity contribution in [1.82, 2.24) is 96.0 Å². The highest BCUT2D eigenvalue weighted by Gasteiger charge is 2.39. The lowest BCUT2D eigenvalue weighted by molar-refractivity contribution is -0.160. The van der Waals surface area contributed by atoms with E-state index in [0.717, 1.165) is 48.0 Å². The minimum Gasteiger partial charge on any atom is -0.329 e. The minimum absolute atomic E-state index is 0.0375. The van der Waals surface area contributed by atoms with E-state index in [2.05, 4.69) is 142 Å². The summed E-state index contributed by atoms with van der Waals surface area (Å²) in [6.07, 6.45) is 11.9. The van der Waals surface area contributed by atoms with E-state index in [1.807, 2.05) is 66.7 Å². The van der Waals surface area contributed by atoms with Crippen molar-refractivity contribution in [2.45, 2.75) is 24.2 Å². The van der Waals surface area contributed by atoms with Crippen LogP contribution in [0.3, 0.4) is 0 Å². The molecule has 13 rings (SSSR count). The lowest BCUT2D eigenvalue weighted by atomic mass is 10.2. The molecule has 23 nitrogen and oxygen atoms in total. The molecule has 13 aromatic heterocycles. The summed E-state index contributed by atoms with van der Waals surface area (Å²) in [5.41, 5.74) is 4.95. The number of pyridine rings is 3. The van der Waals surface area contributed by atoms with Crippen LogP contribution in [0.5, 0.6) is 0 Å². The van der Waals surface area contributed by atoms with Gasteiger partial charge in [0.2, 0.25) is 11.6 Å². The van der Waals surface area contributed by atoms with Gasteiger partial charge in [0, 0.05) is 79.6 Å². The van der Waals surface area contributed by atoms with Crippen LogP contribution in [0.4, 0.5) is 49.6 Å². The minimum atomic E-state index is -4.70. The van der Waals surface area contributed by atoms with Crippen molar-refractivity contribution in [3.63, 3.8) is 0 Å². The predicted molar refractivity (Wildman–Crippen MR) is 327 cm³/mol. The van der Waals surface area contributed by atoms with Crippen molar-refractivity contribution < 1.29 is 35.4 Å². The molecule has 454 valence electrons. The van der Waals surface area contributed by atoms with Crippen LogP contribution in [0, 0.1) is 0 Å². The standard InChI is InChI=1S/C21H13F3N8OS.C13H10N6.C9H6ClN3.C8H4BrF3N2OS.C4H2BrClN2/c22-21(23,24)20-29-19(31-33-20)16-5-4-14(34-16)12-32(18-11-25-7-8-27-18)17-9-13(10-28-30-17)15-3-1-2-6-26-15;1-2-4-15-11(3-1)10-7-12(19-17-8-10)18-13-9-14-5-6-16-13;10-9-5-7(6-12-13-9)8-3-1-2-4-11-8;9-3-4-1-2-5(16-4)6-13-7(15-14-6)8(10,11)12;5-3-1-4(6)8-7-2-3/h1-11H,12H2;1-9H,(H,16,18,19);1-6H;1-2H,3H2;1-2H. The van der Waals surface area contributed by atoms with Crippen LogP contribution in [-0.2, 0) is 24.2 Å². The molecule has 0 spiro atoms. The van der Waals surface area contributed by atoms with Gasteiger partial charge in [-0.3, -0.25) is 24.9 Å². The van der Waals surface area contributed by atoms with E-state index in [4.69, 9.17) is 23.2 Å². The van der Waals surface area contributed by atoms with Gasteiger partial charge in [0.1, 0.15) is 5.82 Å². The van der Waals surface area contributed by atoms with Crippen molar-refractivity contribution in [3.8, 4) is 55.2 Å². The second-order valence-corrected chi connectivity index (χ2v) is 21.7. The van der Waals surface area contributed by atoms with Crippen LogP contribution in [0.25, 0.3) is 55.2 Å². The summed E-state index contributed by atoms with van der Waals surface area (Å²) in [6, 6.07) is 30.9. The number of nitrogens with one attached hydrogen (secondary N) is 1. The Morgan fingerprint density at radius 1 is 0.489 bits per heavy atom. The van der Waals surface area contributed by atoms with Crippen LogP contribution in [0.2, 0.25) is 10.3 Å². The van der Waals surface area contributed by atoms with Gasteiger partial charge in [-0.15, -0.1) is 43.1 Å². The topological polar surface area (TPSA) is 286 Å². The lowest BCUT2D eigenvalue weighted by Gasteiger charge is -2.21. The fourth-order valence-corrected chi connectivity index (χ4v) is 9.99. The summed E-state index contributed by atoms with van der Waals surface area (Å²) in [4.78, 5) is 40.7. The fraction of sp³-hybridized carbons (Fsp3) is 0.0727. The first-order valence-corrected chi connectivity index (χ1v) is 29.5. The van der Waals surface area contributed by atoms with Crippen LogP contribution in [0.1, 0.15) is 21.5 Å². The van der Waals surface area contributed by atoms with Crippen molar-refractivity contribution in [3.05, 3.63) is 220 Å². The van der Waals surface area contributed by atoms with Gasteiger partial charge in [-0.1, -0.05) is 67.6 Å². The van der Waals surface area contributed by atoms with Gasteiger partial charge in [-0.25, -0.2) is 9.97 Å². The van der Waals surface area contributed by atoms with E-state index in [1.54, 1.807) is 122 Å². The highest BCUT2D eigenvalue weighted by Crippen LogP contribution is 2.35. The monoisotopic (exact) mass is 1430 g/mol. The number of rotatable bonds is 12. The molecule has 0 fully saturated rings. The number of nitrogens with zero attached hydrogens (tertiary/aromatic N) is 20. The van der Waals surface area contributed by atoms with E-state index >= 15 is 0 Å². The number of halogens is 10. The van der Waals surface area contributed by atoms with Crippen LogP contribution in [0.15, 0.2) is 197 Å². The Balaban J connectivity index is 0.000000145. The molecule has 13 aromatic rings. The molecule has 0 aliphatic carbocycles. The Labute approximate surface area is 538 Å². The molecule has 13 heterocycles. The zero-order valence-electron chi connectivity index (χ0n) is 45.1. The van der Waals surface area contributed by atoms with E-state index in [0.29, 0.717) is 55.2 Å². The van der Waals surface area contributed by atoms with Gasteiger partial charge >= 0.3 is 24.1 Å². The number of thiophene rings is 2. The molecule has 0 aliphatic heterocycles. The van der Waals surface area contributed by atoms with Crippen LogP contribution in [-0.4, -0.2) is 96.0 Å². The fourth-order valence-electron chi connectivity index (χ4n) is 6.99. The highest BCUT2D eigenvalue weighted by atomic mass is 79.9. The third-order valence-electron chi connectivity index (χ3n) is 10.9. The summed E-state index contributed by atoms with van der Waals surface area (Å²) in [6.45, 7) is 0.299. The Morgan fingerprint density at radius 2 is 1.00 bits per heavy atom. The molecular formula is C55H35Br2Cl2F6N21O2S2. The van der Waals surface area contributed by atoms with E-state index in [1.165, 1.54) is 22.7 Å². The van der Waals surface area contributed by atoms with Gasteiger partial charge in [0.05, 0.1) is 70.6 Å². The summed E-state index contributed by atoms with van der Waals surface area (Å²) < 4.78 is 84.3. The Bertz CT molecular complexity index is 4310. The highest BCUT2D eigenvalue weighted by molar-refractivity contribution is 9.10. The first kappa shape index (κ1) is 64.8. The molecule has 0 aromatic carbocycles. The maximum absolute atomic E-state index is 12.8. The molecule has 0 saturated carbocycles. The average molecular weight is 1430 g/mol. The van der Waals surface area contributed by atoms with E-state index in [-0.39, 0.29) is 11.6 Å². The van der Waals surface area contributed by atoms with Gasteiger partial charge in [0.15, 0.2) is 27.8 Å². The predicted octanol–water partition coefficient (Wildman–Crippen LogP) is 14.7. The Morgan fingerprint density at radius 3 is 1.47 bits per heavy atom. The second kappa shape index (κ2) is 31.5. The van der Waals surface area contributed by atoms with Gasteiger partial charge in [-0.05, 0) is 101 Å². The van der Waals surface area contributed by atoms with Crippen LogP contribution >= 0.6 is 77.7 Å². The third-order valence-corrected chi connectivity index (χ3v) is 14.8. The molecule has 0 atom stereocenters. The second-order valence-electron chi connectivity index (χ2n) is 17.1. The van der Waals surface area contributed by atoms with Crippen molar-refractivity contribution in [1.29, 1.82) is 0 Å². The largest absolute Gasteiger partial charge is 0.471 e. The lowest BCUT2D eigenvalue weighted by Crippen LogP contribution is -2.19. The van der Waals surface area contributed by atoms with Crippen molar-refractivity contribution in [2.75, 3.05) is 10.2 Å². The molecule has 90 heavy (non-hydrogen) atoms. The van der Waals surface area contributed by atoms with E-state index in [9.17, 15) is 26.3 Å². The Hall–Kier alpha value is -9.67. The summed E-state index contributed by atoms with van der Waals surface area (Å²) in [7, 11) is 0. The number of alkyl halides is 7. The van der Waals surface area contributed by atoms with Gasteiger partial charge in [-0.2, -0.15) is 56.7 Å². The van der Waals surface area contributed by atoms with Crippen molar-refractivity contribution in [2.24, 2.45) is 0 Å². The summed E-state index contributed by atoms with van der Waals surface area (Å²) >= 11 is 20.1. The quantitative estimate of drug-likeness (QED) is 0.0878.